The van der Waals surface area contributed by atoms with Crippen molar-refractivity contribution in [2.75, 3.05) is 10.6 Å². The first-order valence-corrected chi connectivity index (χ1v) is 10.2. The summed E-state index contributed by atoms with van der Waals surface area (Å²) in [5.41, 5.74) is 3.50. The lowest BCUT2D eigenvalue weighted by atomic mass is 9.89. The van der Waals surface area contributed by atoms with Crippen molar-refractivity contribution in [3.05, 3.63) is 47.6 Å². The van der Waals surface area contributed by atoms with Gasteiger partial charge in [0.1, 0.15) is 11.6 Å². The third kappa shape index (κ3) is 3.48. The predicted octanol–water partition coefficient (Wildman–Crippen LogP) is 3.70. The standard InChI is InChI=1S/C21H22ClN7O/c1-28-20(10-17(27-28)12-4-3-5-13(22)6-12)25-19-9-18(24-14-7-15(30)8-14)16-11-23-29(2)21(16)26-19/h3-6,9-11,14-15,30H,7-8H2,1-2H3,(H2,24,25,26). The van der Waals surface area contributed by atoms with Crippen LogP contribution in [0.25, 0.3) is 22.3 Å². The van der Waals surface area contributed by atoms with Crippen LogP contribution in [0.5, 0.6) is 0 Å². The van der Waals surface area contributed by atoms with Crippen molar-refractivity contribution in [2.24, 2.45) is 14.1 Å². The smallest absolute Gasteiger partial charge is 0.161 e. The second kappa shape index (κ2) is 7.30. The molecule has 0 bridgehead atoms. The Labute approximate surface area is 178 Å². The SMILES string of the molecule is Cn1nc(-c2cccc(Cl)c2)cc1Nc1cc(NC2CC(O)C2)c2cnn(C)c2n1. The molecule has 0 aliphatic heterocycles. The molecule has 1 saturated carbocycles. The summed E-state index contributed by atoms with van der Waals surface area (Å²) in [5, 5.41) is 27.1. The number of hydrogen-bond donors (Lipinski definition) is 3. The first-order valence-electron chi connectivity index (χ1n) is 9.80. The fourth-order valence-corrected chi connectivity index (χ4v) is 3.92. The van der Waals surface area contributed by atoms with Crippen LogP contribution in [0.4, 0.5) is 17.3 Å². The van der Waals surface area contributed by atoms with Gasteiger partial charge in [0, 0.05) is 42.9 Å². The van der Waals surface area contributed by atoms with Crippen molar-refractivity contribution >= 4 is 40.0 Å². The molecule has 3 aromatic heterocycles. The lowest BCUT2D eigenvalue weighted by Gasteiger charge is -2.33. The quantitative estimate of drug-likeness (QED) is 0.453. The molecule has 1 fully saturated rings. The highest BCUT2D eigenvalue weighted by Crippen LogP contribution is 2.32. The topological polar surface area (TPSA) is 92.8 Å². The van der Waals surface area contributed by atoms with E-state index in [9.17, 15) is 5.11 Å². The number of hydrogen-bond acceptors (Lipinski definition) is 6. The van der Waals surface area contributed by atoms with Crippen molar-refractivity contribution < 1.29 is 5.11 Å². The Morgan fingerprint density at radius 2 is 1.97 bits per heavy atom. The number of nitrogens with zero attached hydrogens (tertiary/aromatic N) is 5. The van der Waals surface area contributed by atoms with Gasteiger partial charge in [-0.2, -0.15) is 10.2 Å². The summed E-state index contributed by atoms with van der Waals surface area (Å²) in [4.78, 5) is 4.73. The van der Waals surface area contributed by atoms with E-state index in [4.69, 9.17) is 16.6 Å². The molecule has 1 aliphatic carbocycles. The molecule has 0 unspecified atom stereocenters. The second-order valence-corrected chi connectivity index (χ2v) is 8.14. The molecule has 1 aromatic carbocycles. The number of aryl methyl sites for hydroxylation is 2. The maximum atomic E-state index is 9.61. The van der Waals surface area contributed by atoms with Gasteiger partial charge in [-0.05, 0) is 25.0 Å². The summed E-state index contributed by atoms with van der Waals surface area (Å²) in [6.07, 6.45) is 3.09. The van der Waals surface area contributed by atoms with Crippen LogP contribution in [0.3, 0.4) is 0 Å². The minimum absolute atomic E-state index is 0.217. The Morgan fingerprint density at radius 3 is 2.73 bits per heavy atom. The van der Waals surface area contributed by atoms with Gasteiger partial charge in [-0.1, -0.05) is 23.7 Å². The molecule has 0 atom stereocenters. The summed E-state index contributed by atoms with van der Waals surface area (Å²) >= 11 is 6.12. The van der Waals surface area contributed by atoms with Gasteiger partial charge >= 0.3 is 0 Å². The molecule has 3 heterocycles. The van der Waals surface area contributed by atoms with Crippen LogP contribution >= 0.6 is 11.6 Å². The minimum Gasteiger partial charge on any atom is -0.393 e. The molecule has 0 amide bonds. The van der Waals surface area contributed by atoms with Gasteiger partial charge in [0.15, 0.2) is 5.65 Å². The summed E-state index contributed by atoms with van der Waals surface area (Å²) < 4.78 is 3.53. The Kier molecular flexibility index (Phi) is 4.60. The van der Waals surface area contributed by atoms with E-state index in [-0.39, 0.29) is 12.1 Å². The summed E-state index contributed by atoms with van der Waals surface area (Å²) in [5.74, 6) is 1.50. The number of rotatable bonds is 5. The second-order valence-electron chi connectivity index (χ2n) is 7.70. The van der Waals surface area contributed by atoms with Crippen molar-refractivity contribution in [2.45, 2.75) is 25.0 Å². The highest BCUT2D eigenvalue weighted by Gasteiger charge is 2.27. The number of benzene rings is 1. The lowest BCUT2D eigenvalue weighted by Crippen LogP contribution is -2.39. The van der Waals surface area contributed by atoms with Gasteiger partial charge < -0.3 is 15.7 Å². The minimum atomic E-state index is -0.217. The van der Waals surface area contributed by atoms with Crippen LogP contribution < -0.4 is 10.6 Å². The zero-order valence-electron chi connectivity index (χ0n) is 16.7. The maximum Gasteiger partial charge on any atom is 0.161 e. The molecule has 30 heavy (non-hydrogen) atoms. The third-order valence-electron chi connectivity index (χ3n) is 5.43. The molecule has 0 saturated heterocycles. The van der Waals surface area contributed by atoms with E-state index < -0.39 is 0 Å². The van der Waals surface area contributed by atoms with E-state index in [2.05, 4.69) is 20.8 Å². The Morgan fingerprint density at radius 1 is 1.13 bits per heavy atom. The number of aliphatic hydroxyl groups excluding tert-OH is 1. The third-order valence-corrected chi connectivity index (χ3v) is 5.67. The fourth-order valence-electron chi connectivity index (χ4n) is 3.73. The van der Waals surface area contributed by atoms with E-state index in [1.165, 1.54) is 0 Å². The zero-order chi connectivity index (χ0) is 20.8. The Bertz CT molecular complexity index is 1230. The number of halogens is 1. The number of pyridine rings is 1. The average Bonchev–Trinajstić information content (AvgIpc) is 3.24. The van der Waals surface area contributed by atoms with E-state index in [0.717, 1.165) is 46.6 Å². The molecule has 9 heteroatoms. The number of aliphatic hydroxyl groups is 1. The molecule has 0 radical (unpaired) electrons. The van der Waals surface area contributed by atoms with E-state index >= 15 is 0 Å². The molecular formula is C21H22ClN7O. The highest BCUT2D eigenvalue weighted by atomic mass is 35.5. The van der Waals surface area contributed by atoms with Crippen LogP contribution in [0, 0.1) is 0 Å². The van der Waals surface area contributed by atoms with Crippen LogP contribution in [-0.4, -0.2) is 41.8 Å². The summed E-state index contributed by atoms with van der Waals surface area (Å²) in [7, 11) is 3.76. The van der Waals surface area contributed by atoms with Gasteiger partial charge in [-0.3, -0.25) is 9.36 Å². The van der Waals surface area contributed by atoms with Crippen LogP contribution in [-0.2, 0) is 14.1 Å². The van der Waals surface area contributed by atoms with Crippen LogP contribution in [0.2, 0.25) is 5.02 Å². The number of aromatic nitrogens is 5. The van der Waals surface area contributed by atoms with Crippen LogP contribution in [0.15, 0.2) is 42.6 Å². The van der Waals surface area contributed by atoms with Gasteiger partial charge in [-0.25, -0.2) is 4.98 Å². The van der Waals surface area contributed by atoms with E-state index in [1.807, 2.05) is 56.7 Å². The Hall–Kier alpha value is -3.10. The molecule has 4 aromatic rings. The van der Waals surface area contributed by atoms with Gasteiger partial charge in [-0.15, -0.1) is 0 Å². The largest absolute Gasteiger partial charge is 0.393 e. The fraction of sp³-hybridized carbons (Fsp3) is 0.286. The van der Waals surface area contributed by atoms with Crippen molar-refractivity contribution in [1.29, 1.82) is 0 Å². The van der Waals surface area contributed by atoms with Crippen molar-refractivity contribution in [3.63, 3.8) is 0 Å². The molecule has 3 N–H and O–H groups in total. The highest BCUT2D eigenvalue weighted by molar-refractivity contribution is 6.30. The molecule has 0 spiro atoms. The first-order chi connectivity index (χ1) is 14.5. The van der Waals surface area contributed by atoms with Gasteiger partial charge in [0.25, 0.3) is 0 Å². The summed E-state index contributed by atoms with van der Waals surface area (Å²) in [6, 6.07) is 11.8. The normalized spacial score (nSPS) is 18.4. The van der Waals surface area contributed by atoms with Crippen molar-refractivity contribution in [3.8, 4) is 11.3 Å². The van der Waals surface area contributed by atoms with E-state index in [1.54, 1.807) is 9.36 Å². The molecule has 8 nitrogen and oxygen atoms in total. The molecule has 1 aliphatic rings. The molecule has 154 valence electrons. The molecular weight excluding hydrogens is 402 g/mol. The maximum absolute atomic E-state index is 9.61. The van der Waals surface area contributed by atoms with Crippen molar-refractivity contribution in [1.82, 2.24) is 24.5 Å². The number of anilines is 3. The van der Waals surface area contributed by atoms with Gasteiger partial charge in [0.05, 0.1) is 29.1 Å². The summed E-state index contributed by atoms with van der Waals surface area (Å²) in [6.45, 7) is 0. The predicted molar refractivity (Wildman–Crippen MR) is 118 cm³/mol. The zero-order valence-corrected chi connectivity index (χ0v) is 17.4. The van der Waals surface area contributed by atoms with Crippen LogP contribution in [0.1, 0.15) is 12.8 Å². The monoisotopic (exact) mass is 423 g/mol. The Balaban J connectivity index is 1.47. The van der Waals surface area contributed by atoms with Gasteiger partial charge in [0.2, 0.25) is 0 Å². The lowest BCUT2D eigenvalue weighted by molar-refractivity contribution is 0.0837. The average molecular weight is 424 g/mol. The first kappa shape index (κ1) is 18.9. The number of fused-ring (bicyclic) bond motifs is 1. The van der Waals surface area contributed by atoms with E-state index in [0.29, 0.717) is 10.8 Å². The molecule has 5 rings (SSSR count). The number of nitrogens with one attached hydrogen (secondary N) is 2.